The number of halogens is 1. The standard InChI is InChI=1S/C12H9FN6O2S2/c13-4-1-5-8(2-7(4)20)23-12(16-5)18-9(21)6-3-22-11(17-6)19-10(14)15/h1-3,20H,(H,16,18,21)(H4,14,15,17,19). The van der Waals surface area contributed by atoms with Crippen molar-refractivity contribution in [3.63, 3.8) is 0 Å². The van der Waals surface area contributed by atoms with Crippen molar-refractivity contribution >= 4 is 55.0 Å². The van der Waals surface area contributed by atoms with E-state index in [9.17, 15) is 14.3 Å². The Bertz CT molecular complexity index is 892. The number of hydrogen-bond donors (Lipinski definition) is 4. The Morgan fingerprint density at radius 2 is 2.13 bits per heavy atom. The van der Waals surface area contributed by atoms with Crippen molar-refractivity contribution in [1.82, 2.24) is 9.97 Å². The van der Waals surface area contributed by atoms with Gasteiger partial charge in [0.25, 0.3) is 5.91 Å². The van der Waals surface area contributed by atoms with E-state index in [1.807, 2.05) is 0 Å². The molecule has 3 rings (SSSR count). The van der Waals surface area contributed by atoms with E-state index in [2.05, 4.69) is 20.3 Å². The van der Waals surface area contributed by atoms with Crippen molar-refractivity contribution in [2.24, 2.45) is 16.5 Å². The average Bonchev–Trinajstić information content (AvgIpc) is 3.05. The lowest BCUT2D eigenvalue weighted by molar-refractivity contribution is 0.102. The van der Waals surface area contributed by atoms with Gasteiger partial charge in [0.05, 0.1) is 10.2 Å². The van der Waals surface area contributed by atoms with E-state index in [1.54, 1.807) is 0 Å². The highest BCUT2D eigenvalue weighted by Crippen LogP contribution is 2.31. The topological polar surface area (TPSA) is 140 Å². The van der Waals surface area contributed by atoms with Crippen LogP contribution >= 0.6 is 22.7 Å². The first-order chi connectivity index (χ1) is 10.9. The number of nitrogens with one attached hydrogen (secondary N) is 1. The van der Waals surface area contributed by atoms with Gasteiger partial charge in [0.2, 0.25) is 5.13 Å². The van der Waals surface area contributed by atoms with E-state index in [4.69, 9.17) is 11.5 Å². The van der Waals surface area contributed by atoms with Crippen LogP contribution in [0.1, 0.15) is 10.5 Å². The summed E-state index contributed by atoms with van der Waals surface area (Å²) in [5.41, 5.74) is 10.9. The first-order valence-electron chi connectivity index (χ1n) is 6.08. The van der Waals surface area contributed by atoms with Crippen molar-refractivity contribution in [2.75, 3.05) is 5.32 Å². The van der Waals surface area contributed by atoms with Gasteiger partial charge in [-0.05, 0) is 0 Å². The molecule has 0 bridgehead atoms. The van der Waals surface area contributed by atoms with Crippen LogP contribution < -0.4 is 16.8 Å². The molecule has 0 aliphatic heterocycles. The van der Waals surface area contributed by atoms with Crippen LogP contribution in [-0.2, 0) is 0 Å². The molecule has 0 aliphatic carbocycles. The zero-order valence-electron chi connectivity index (χ0n) is 11.3. The molecule has 11 heteroatoms. The lowest BCUT2D eigenvalue weighted by Gasteiger charge is -1.96. The van der Waals surface area contributed by atoms with Gasteiger partial charge in [-0.2, -0.15) is 4.99 Å². The van der Waals surface area contributed by atoms with Gasteiger partial charge < -0.3 is 16.6 Å². The van der Waals surface area contributed by atoms with Crippen LogP contribution in [0.2, 0.25) is 0 Å². The molecule has 23 heavy (non-hydrogen) atoms. The number of phenols is 1. The van der Waals surface area contributed by atoms with Gasteiger partial charge in [-0.15, -0.1) is 11.3 Å². The Labute approximate surface area is 136 Å². The predicted octanol–water partition coefficient (Wildman–Crippen LogP) is 1.75. The van der Waals surface area contributed by atoms with Gasteiger partial charge in [0, 0.05) is 17.5 Å². The first-order valence-corrected chi connectivity index (χ1v) is 7.77. The van der Waals surface area contributed by atoms with E-state index in [0.29, 0.717) is 10.2 Å². The van der Waals surface area contributed by atoms with Crippen molar-refractivity contribution in [3.8, 4) is 5.75 Å². The second kappa shape index (κ2) is 5.78. The summed E-state index contributed by atoms with van der Waals surface area (Å²) in [6.07, 6.45) is 0. The Hall–Kier alpha value is -2.79. The second-order valence-corrected chi connectivity index (χ2v) is 6.16. The lowest BCUT2D eigenvalue weighted by Crippen LogP contribution is -2.21. The molecule has 6 N–H and O–H groups in total. The number of aromatic hydroxyl groups is 1. The third-order valence-electron chi connectivity index (χ3n) is 2.63. The number of hydrogen-bond acceptors (Lipinski definition) is 7. The summed E-state index contributed by atoms with van der Waals surface area (Å²) in [5, 5.41) is 13.9. The lowest BCUT2D eigenvalue weighted by atomic mass is 10.3. The number of rotatable bonds is 3. The number of fused-ring (bicyclic) bond motifs is 1. The van der Waals surface area contributed by atoms with Crippen LogP contribution in [0.5, 0.6) is 5.75 Å². The normalized spacial score (nSPS) is 10.7. The Morgan fingerprint density at radius 3 is 2.87 bits per heavy atom. The molecule has 0 saturated carbocycles. The molecule has 1 aromatic carbocycles. The molecule has 2 aromatic heterocycles. The third-order valence-corrected chi connectivity index (χ3v) is 4.30. The molecule has 0 spiro atoms. The highest BCUT2D eigenvalue weighted by Gasteiger charge is 2.14. The van der Waals surface area contributed by atoms with E-state index < -0.39 is 17.5 Å². The molecule has 2 heterocycles. The van der Waals surface area contributed by atoms with Crippen molar-refractivity contribution in [1.29, 1.82) is 0 Å². The number of phenolic OH excluding ortho intramolecular Hbond substituents is 1. The molecule has 0 unspecified atom stereocenters. The molecule has 0 radical (unpaired) electrons. The summed E-state index contributed by atoms with van der Waals surface area (Å²) >= 11 is 2.21. The van der Waals surface area contributed by atoms with E-state index in [1.165, 1.54) is 11.4 Å². The van der Waals surface area contributed by atoms with Gasteiger partial charge >= 0.3 is 0 Å². The number of carbonyl (C=O) groups excluding carboxylic acids is 1. The fourth-order valence-electron chi connectivity index (χ4n) is 1.68. The van der Waals surface area contributed by atoms with E-state index in [-0.39, 0.29) is 21.9 Å². The van der Waals surface area contributed by atoms with Gasteiger partial charge in [-0.3, -0.25) is 10.1 Å². The third kappa shape index (κ3) is 3.19. The molecule has 118 valence electrons. The van der Waals surface area contributed by atoms with Crippen LogP contribution in [0, 0.1) is 5.82 Å². The van der Waals surface area contributed by atoms with Crippen LogP contribution in [0.25, 0.3) is 10.2 Å². The average molecular weight is 352 g/mol. The second-order valence-electron chi connectivity index (χ2n) is 4.30. The Balaban J connectivity index is 1.82. The molecular formula is C12H9FN6O2S2. The van der Waals surface area contributed by atoms with Gasteiger partial charge in [-0.25, -0.2) is 14.4 Å². The maximum Gasteiger partial charge on any atom is 0.276 e. The summed E-state index contributed by atoms with van der Waals surface area (Å²) in [6.45, 7) is 0. The highest BCUT2D eigenvalue weighted by atomic mass is 32.1. The minimum atomic E-state index is -0.776. The minimum absolute atomic E-state index is 0.128. The Kier molecular flexibility index (Phi) is 3.80. The van der Waals surface area contributed by atoms with Gasteiger partial charge in [0.1, 0.15) is 5.69 Å². The van der Waals surface area contributed by atoms with Crippen molar-refractivity contribution < 1.29 is 14.3 Å². The number of amides is 1. The molecule has 1 amide bonds. The highest BCUT2D eigenvalue weighted by molar-refractivity contribution is 7.22. The van der Waals surface area contributed by atoms with Crippen LogP contribution in [0.4, 0.5) is 14.7 Å². The largest absolute Gasteiger partial charge is 0.505 e. The number of nitrogens with two attached hydrogens (primary N) is 2. The van der Waals surface area contributed by atoms with Crippen LogP contribution in [0.15, 0.2) is 22.5 Å². The quantitative estimate of drug-likeness (QED) is 0.418. The summed E-state index contributed by atoms with van der Waals surface area (Å²) in [7, 11) is 0. The fourth-order valence-corrected chi connectivity index (χ4v) is 3.24. The minimum Gasteiger partial charge on any atom is -0.505 e. The number of benzene rings is 1. The number of thiazole rings is 2. The van der Waals surface area contributed by atoms with Crippen LogP contribution in [0.3, 0.4) is 0 Å². The number of anilines is 1. The van der Waals surface area contributed by atoms with Gasteiger partial charge in [-0.1, -0.05) is 11.3 Å². The summed E-state index contributed by atoms with van der Waals surface area (Å²) in [4.78, 5) is 23.9. The smallest absolute Gasteiger partial charge is 0.276 e. The monoisotopic (exact) mass is 352 g/mol. The van der Waals surface area contributed by atoms with Crippen molar-refractivity contribution in [3.05, 3.63) is 29.0 Å². The Morgan fingerprint density at radius 1 is 1.35 bits per heavy atom. The van der Waals surface area contributed by atoms with Gasteiger partial charge in [0.15, 0.2) is 22.7 Å². The summed E-state index contributed by atoms with van der Waals surface area (Å²) < 4.78 is 13.8. The molecule has 0 aliphatic rings. The zero-order valence-corrected chi connectivity index (χ0v) is 12.9. The number of aliphatic imine (C=N–C) groups is 1. The van der Waals surface area contributed by atoms with E-state index >= 15 is 0 Å². The molecule has 0 atom stereocenters. The number of aromatic nitrogens is 2. The number of guanidine groups is 1. The first kappa shape index (κ1) is 15.1. The summed E-state index contributed by atoms with van der Waals surface area (Å²) in [5.74, 6) is -1.90. The molecule has 0 fully saturated rings. The molecule has 0 saturated heterocycles. The summed E-state index contributed by atoms with van der Waals surface area (Å²) in [6, 6.07) is 2.34. The number of nitrogens with zero attached hydrogens (tertiary/aromatic N) is 3. The van der Waals surface area contributed by atoms with Crippen molar-refractivity contribution in [2.45, 2.75) is 0 Å². The van der Waals surface area contributed by atoms with E-state index in [0.717, 1.165) is 28.7 Å². The maximum absolute atomic E-state index is 13.3. The number of carbonyl (C=O) groups is 1. The predicted molar refractivity (Wildman–Crippen MR) is 86.8 cm³/mol. The SMILES string of the molecule is NC(N)=Nc1nc(C(=O)Nc2nc3cc(F)c(O)cc3s2)cs1. The molecule has 8 nitrogen and oxygen atoms in total. The molecule has 3 aromatic rings. The fraction of sp³-hybridized carbons (Fsp3) is 0. The maximum atomic E-state index is 13.3. The van der Waals surface area contributed by atoms with Crippen LogP contribution in [-0.4, -0.2) is 26.9 Å². The zero-order chi connectivity index (χ0) is 16.6. The molecular weight excluding hydrogens is 343 g/mol.